The summed E-state index contributed by atoms with van der Waals surface area (Å²) in [4.78, 5) is 18.7. The van der Waals surface area contributed by atoms with Crippen molar-refractivity contribution in [3.8, 4) is 5.75 Å². The fourth-order valence-corrected chi connectivity index (χ4v) is 3.97. The number of nitrogens with zero attached hydrogens (tertiary/aromatic N) is 2. The van der Waals surface area contributed by atoms with Crippen molar-refractivity contribution in [2.75, 3.05) is 18.4 Å². The van der Waals surface area contributed by atoms with E-state index in [9.17, 15) is 4.79 Å². The van der Waals surface area contributed by atoms with E-state index in [2.05, 4.69) is 10.3 Å². The molecule has 1 aliphatic heterocycles. The van der Waals surface area contributed by atoms with E-state index in [1.54, 1.807) is 28.6 Å². The molecular formula is C17H17Cl2N3O2S. The van der Waals surface area contributed by atoms with Crippen LogP contribution in [0.25, 0.3) is 0 Å². The van der Waals surface area contributed by atoms with Crippen molar-refractivity contribution in [3.05, 3.63) is 39.4 Å². The van der Waals surface area contributed by atoms with Gasteiger partial charge in [-0.2, -0.15) is 0 Å². The molecule has 1 aromatic heterocycles. The minimum atomic E-state index is -0.0913. The molecule has 5 nitrogen and oxygen atoms in total. The van der Waals surface area contributed by atoms with Crippen molar-refractivity contribution >= 4 is 45.6 Å². The number of nitrogens with one attached hydrogen (secondary N) is 1. The number of thiazole rings is 1. The number of likely N-dealkylation sites (tertiary alicyclic amines) is 1. The molecule has 1 N–H and O–H groups in total. The summed E-state index contributed by atoms with van der Waals surface area (Å²) in [5.74, 6) is 1.19. The minimum Gasteiger partial charge on any atom is -0.488 e. The molecule has 1 saturated heterocycles. The Bertz CT molecular complexity index is 794. The highest BCUT2D eigenvalue weighted by molar-refractivity contribution is 7.14. The third-order valence-corrected chi connectivity index (χ3v) is 5.90. The highest BCUT2D eigenvalue weighted by atomic mass is 35.5. The number of urea groups is 1. The van der Waals surface area contributed by atoms with Gasteiger partial charge in [-0.25, -0.2) is 9.78 Å². The minimum absolute atomic E-state index is 0.0487. The standard InChI is InChI=1S/C17H17Cl2N3O2S/c18-13-4-3-11(7-14(13)19)24-12-5-6-22(8-12)17(23)21-16-15(10-1-2-10)20-9-25-16/h3-4,7,9-10,12H,1-2,5-6,8H2,(H,21,23). The van der Waals surface area contributed by atoms with E-state index in [1.807, 2.05) is 0 Å². The van der Waals surface area contributed by atoms with Gasteiger partial charge in [-0.15, -0.1) is 11.3 Å². The van der Waals surface area contributed by atoms with Gasteiger partial charge in [0, 0.05) is 24.9 Å². The van der Waals surface area contributed by atoms with Gasteiger partial charge in [-0.05, 0) is 25.0 Å². The summed E-state index contributed by atoms with van der Waals surface area (Å²) in [5.41, 5.74) is 2.82. The molecule has 2 aromatic rings. The van der Waals surface area contributed by atoms with E-state index < -0.39 is 0 Å². The van der Waals surface area contributed by atoms with Gasteiger partial charge in [0.15, 0.2) is 0 Å². The quantitative estimate of drug-likeness (QED) is 0.788. The molecular weight excluding hydrogens is 381 g/mol. The molecule has 1 unspecified atom stereocenters. The molecule has 25 heavy (non-hydrogen) atoms. The van der Waals surface area contributed by atoms with Crippen LogP contribution in [0, 0.1) is 0 Å². The van der Waals surface area contributed by atoms with Crippen LogP contribution in [0.3, 0.4) is 0 Å². The highest BCUT2D eigenvalue weighted by Crippen LogP contribution is 2.44. The summed E-state index contributed by atoms with van der Waals surface area (Å²) in [7, 11) is 0. The zero-order valence-electron chi connectivity index (χ0n) is 13.4. The Balaban J connectivity index is 1.34. The predicted octanol–water partition coefficient (Wildman–Crippen LogP) is 5.01. The zero-order valence-corrected chi connectivity index (χ0v) is 15.7. The summed E-state index contributed by atoms with van der Waals surface area (Å²) in [5, 5.41) is 4.84. The van der Waals surface area contributed by atoms with E-state index in [0.717, 1.165) is 30.0 Å². The second-order valence-electron chi connectivity index (χ2n) is 6.32. The first-order chi connectivity index (χ1) is 12.1. The summed E-state index contributed by atoms with van der Waals surface area (Å²) in [6.07, 6.45) is 3.06. The number of aromatic nitrogens is 1. The van der Waals surface area contributed by atoms with Crippen LogP contribution in [0.15, 0.2) is 23.7 Å². The van der Waals surface area contributed by atoms with Gasteiger partial charge >= 0.3 is 6.03 Å². The largest absolute Gasteiger partial charge is 0.488 e. The van der Waals surface area contributed by atoms with Crippen LogP contribution >= 0.6 is 34.5 Å². The number of hydrogen-bond donors (Lipinski definition) is 1. The van der Waals surface area contributed by atoms with Gasteiger partial charge in [-0.3, -0.25) is 5.32 Å². The summed E-state index contributed by atoms with van der Waals surface area (Å²) < 4.78 is 5.92. The van der Waals surface area contributed by atoms with Gasteiger partial charge in [0.25, 0.3) is 0 Å². The van der Waals surface area contributed by atoms with Crippen molar-refractivity contribution < 1.29 is 9.53 Å². The number of carbonyl (C=O) groups excluding carboxylic acids is 1. The van der Waals surface area contributed by atoms with Crippen molar-refractivity contribution in [3.63, 3.8) is 0 Å². The Morgan fingerprint density at radius 2 is 2.12 bits per heavy atom. The number of benzene rings is 1. The van der Waals surface area contributed by atoms with Crippen LogP contribution in [0.4, 0.5) is 9.80 Å². The highest BCUT2D eigenvalue weighted by Gasteiger charge is 2.31. The van der Waals surface area contributed by atoms with Gasteiger partial charge in [0.1, 0.15) is 16.9 Å². The Morgan fingerprint density at radius 1 is 1.28 bits per heavy atom. The Kier molecular flexibility index (Phi) is 4.75. The lowest BCUT2D eigenvalue weighted by Crippen LogP contribution is -2.34. The number of hydrogen-bond acceptors (Lipinski definition) is 4. The number of halogens is 2. The molecule has 1 aromatic carbocycles. The smallest absolute Gasteiger partial charge is 0.322 e. The van der Waals surface area contributed by atoms with Crippen molar-refractivity contribution in [2.24, 2.45) is 0 Å². The van der Waals surface area contributed by atoms with Crippen LogP contribution < -0.4 is 10.1 Å². The maximum atomic E-state index is 12.5. The second kappa shape index (κ2) is 7.02. The average molecular weight is 398 g/mol. The Labute approximate surface area is 159 Å². The molecule has 4 rings (SSSR count). The SMILES string of the molecule is O=C(Nc1scnc1C1CC1)N1CCC(Oc2ccc(Cl)c(Cl)c2)C1. The van der Waals surface area contributed by atoms with Crippen molar-refractivity contribution in [1.29, 1.82) is 0 Å². The van der Waals surface area contributed by atoms with E-state index in [-0.39, 0.29) is 12.1 Å². The van der Waals surface area contributed by atoms with Gasteiger partial charge < -0.3 is 9.64 Å². The maximum absolute atomic E-state index is 12.5. The molecule has 0 bridgehead atoms. The molecule has 1 saturated carbocycles. The topological polar surface area (TPSA) is 54.5 Å². The molecule has 2 aliphatic rings. The molecule has 1 atom stereocenters. The fraction of sp³-hybridized carbons (Fsp3) is 0.412. The molecule has 2 amide bonds. The maximum Gasteiger partial charge on any atom is 0.322 e. The predicted molar refractivity (Wildman–Crippen MR) is 100 cm³/mol. The average Bonchev–Trinajstić information content (AvgIpc) is 3.14. The number of carbonyl (C=O) groups is 1. The van der Waals surface area contributed by atoms with Crippen LogP contribution in [0.1, 0.15) is 30.9 Å². The molecule has 0 radical (unpaired) electrons. The number of anilines is 1. The van der Waals surface area contributed by atoms with Gasteiger partial charge in [-0.1, -0.05) is 23.2 Å². The molecule has 132 valence electrons. The van der Waals surface area contributed by atoms with Crippen LogP contribution in [0.5, 0.6) is 5.75 Å². The molecule has 2 heterocycles. The van der Waals surface area contributed by atoms with Crippen molar-refractivity contribution in [1.82, 2.24) is 9.88 Å². The molecule has 8 heteroatoms. The van der Waals surface area contributed by atoms with Crippen LogP contribution in [0.2, 0.25) is 10.0 Å². The fourth-order valence-electron chi connectivity index (χ4n) is 2.92. The van der Waals surface area contributed by atoms with Gasteiger partial charge in [0.05, 0.1) is 27.8 Å². The molecule has 0 spiro atoms. The second-order valence-corrected chi connectivity index (χ2v) is 7.99. The van der Waals surface area contributed by atoms with Crippen LogP contribution in [-0.4, -0.2) is 35.1 Å². The number of rotatable bonds is 4. The third kappa shape index (κ3) is 3.86. The molecule has 1 aliphatic carbocycles. The first-order valence-electron chi connectivity index (χ1n) is 8.21. The summed E-state index contributed by atoms with van der Waals surface area (Å²) >= 11 is 13.4. The van der Waals surface area contributed by atoms with Crippen LogP contribution in [-0.2, 0) is 0 Å². The number of amides is 2. The zero-order chi connectivity index (χ0) is 17.4. The summed E-state index contributed by atoms with van der Waals surface area (Å²) in [6.45, 7) is 1.21. The lowest BCUT2D eigenvalue weighted by atomic mass is 10.3. The van der Waals surface area contributed by atoms with Gasteiger partial charge in [0.2, 0.25) is 0 Å². The first-order valence-corrected chi connectivity index (χ1v) is 9.84. The lowest BCUT2D eigenvalue weighted by Gasteiger charge is -2.18. The first kappa shape index (κ1) is 16.9. The Hall–Kier alpha value is -1.50. The van der Waals surface area contributed by atoms with E-state index in [1.165, 1.54) is 11.3 Å². The third-order valence-electron chi connectivity index (χ3n) is 4.41. The monoisotopic (exact) mass is 397 g/mol. The van der Waals surface area contributed by atoms with E-state index in [4.69, 9.17) is 27.9 Å². The van der Waals surface area contributed by atoms with E-state index in [0.29, 0.717) is 34.8 Å². The molecule has 2 fully saturated rings. The van der Waals surface area contributed by atoms with Crippen molar-refractivity contribution in [2.45, 2.75) is 31.3 Å². The normalized spacial score (nSPS) is 19.9. The Morgan fingerprint density at radius 3 is 2.88 bits per heavy atom. The van der Waals surface area contributed by atoms with E-state index >= 15 is 0 Å². The number of ether oxygens (including phenoxy) is 1. The summed E-state index contributed by atoms with van der Waals surface area (Å²) in [6, 6.07) is 5.11. The lowest BCUT2D eigenvalue weighted by molar-refractivity contribution is 0.195.